The van der Waals surface area contributed by atoms with E-state index in [1.54, 1.807) is 0 Å². The molecule has 1 aromatic carbocycles. The van der Waals surface area contributed by atoms with Crippen LogP contribution >= 0.6 is 0 Å². The van der Waals surface area contributed by atoms with Gasteiger partial charge in [0.15, 0.2) is 0 Å². The van der Waals surface area contributed by atoms with Crippen molar-refractivity contribution in [2.75, 3.05) is 25.0 Å². The van der Waals surface area contributed by atoms with Gasteiger partial charge in [-0.1, -0.05) is 32.0 Å². The zero-order valence-corrected chi connectivity index (χ0v) is 13.1. The standard InChI is InChI=1S/C17H26N2O/c1-12-8-13(2)10-19(9-12)11-16(20)18-17-14(3)6-5-7-15(17)4/h5-7,12-13H,8-11H2,1-4H3,(H,18,20)/t12-,13-/m1/s1. The first-order valence-corrected chi connectivity index (χ1v) is 7.54. The molecule has 0 radical (unpaired) electrons. The van der Waals surface area contributed by atoms with E-state index in [2.05, 4.69) is 24.1 Å². The molecule has 0 saturated carbocycles. The molecule has 0 aliphatic carbocycles. The van der Waals surface area contributed by atoms with Gasteiger partial charge in [-0.15, -0.1) is 0 Å². The molecule has 0 spiro atoms. The van der Waals surface area contributed by atoms with Crippen molar-refractivity contribution in [3.63, 3.8) is 0 Å². The molecule has 1 N–H and O–H groups in total. The summed E-state index contributed by atoms with van der Waals surface area (Å²) in [6, 6.07) is 6.09. The number of rotatable bonds is 3. The summed E-state index contributed by atoms with van der Waals surface area (Å²) < 4.78 is 0. The average Bonchev–Trinajstić information content (AvgIpc) is 2.32. The smallest absolute Gasteiger partial charge is 0.238 e. The highest BCUT2D eigenvalue weighted by Crippen LogP contribution is 2.22. The minimum Gasteiger partial charge on any atom is -0.324 e. The molecule has 1 fully saturated rings. The topological polar surface area (TPSA) is 32.3 Å². The van der Waals surface area contributed by atoms with Crippen LogP contribution in [0.15, 0.2) is 18.2 Å². The summed E-state index contributed by atoms with van der Waals surface area (Å²) in [5, 5.41) is 3.07. The lowest BCUT2D eigenvalue weighted by Gasteiger charge is -2.34. The molecule has 1 aliphatic rings. The van der Waals surface area contributed by atoms with Gasteiger partial charge < -0.3 is 5.32 Å². The largest absolute Gasteiger partial charge is 0.324 e. The van der Waals surface area contributed by atoms with E-state index in [-0.39, 0.29) is 5.91 Å². The predicted octanol–water partition coefficient (Wildman–Crippen LogP) is 3.22. The van der Waals surface area contributed by atoms with Crippen molar-refractivity contribution in [2.24, 2.45) is 11.8 Å². The number of hydrogen-bond acceptors (Lipinski definition) is 2. The Kier molecular flexibility index (Phi) is 4.81. The summed E-state index contributed by atoms with van der Waals surface area (Å²) in [7, 11) is 0. The summed E-state index contributed by atoms with van der Waals surface area (Å²) in [6.45, 7) is 11.2. The van der Waals surface area contributed by atoms with E-state index in [9.17, 15) is 4.79 Å². The van der Waals surface area contributed by atoms with E-state index in [1.807, 2.05) is 32.0 Å². The van der Waals surface area contributed by atoms with Gasteiger partial charge in [-0.3, -0.25) is 9.69 Å². The molecular weight excluding hydrogens is 248 g/mol. The second-order valence-corrected chi connectivity index (χ2v) is 6.46. The summed E-state index contributed by atoms with van der Waals surface area (Å²) in [5.41, 5.74) is 3.22. The van der Waals surface area contributed by atoms with Crippen LogP contribution in [0.1, 0.15) is 31.4 Å². The third-order valence-corrected chi connectivity index (χ3v) is 4.06. The number of anilines is 1. The molecule has 1 aromatic rings. The lowest BCUT2D eigenvalue weighted by atomic mass is 9.92. The summed E-state index contributed by atoms with van der Waals surface area (Å²) in [6.07, 6.45) is 1.27. The van der Waals surface area contributed by atoms with E-state index in [0.29, 0.717) is 18.4 Å². The monoisotopic (exact) mass is 274 g/mol. The van der Waals surface area contributed by atoms with Gasteiger partial charge in [0, 0.05) is 18.8 Å². The summed E-state index contributed by atoms with van der Waals surface area (Å²) in [5.74, 6) is 1.47. The zero-order valence-electron chi connectivity index (χ0n) is 13.1. The van der Waals surface area contributed by atoms with Gasteiger partial charge >= 0.3 is 0 Å². The summed E-state index contributed by atoms with van der Waals surface area (Å²) in [4.78, 5) is 14.5. The second kappa shape index (κ2) is 6.40. The van der Waals surface area contributed by atoms with E-state index in [1.165, 1.54) is 6.42 Å². The van der Waals surface area contributed by atoms with Gasteiger partial charge in [0.05, 0.1) is 6.54 Å². The molecule has 1 heterocycles. The predicted molar refractivity (Wildman–Crippen MR) is 83.9 cm³/mol. The Bertz CT molecular complexity index is 454. The van der Waals surface area contributed by atoms with Gasteiger partial charge in [-0.05, 0) is 43.2 Å². The molecule has 1 amide bonds. The molecule has 0 aromatic heterocycles. The molecule has 3 heteroatoms. The number of aryl methyl sites for hydroxylation is 2. The SMILES string of the molecule is Cc1cccc(C)c1NC(=O)CN1C[C@H](C)C[C@@H](C)C1. The van der Waals surface area contributed by atoms with Gasteiger partial charge in [0.1, 0.15) is 0 Å². The van der Waals surface area contributed by atoms with Gasteiger partial charge in [-0.2, -0.15) is 0 Å². The van der Waals surface area contributed by atoms with Crippen molar-refractivity contribution in [3.8, 4) is 0 Å². The van der Waals surface area contributed by atoms with Crippen LogP contribution in [0, 0.1) is 25.7 Å². The van der Waals surface area contributed by atoms with Crippen LogP contribution in [-0.4, -0.2) is 30.4 Å². The first-order valence-electron chi connectivity index (χ1n) is 7.54. The minimum absolute atomic E-state index is 0.101. The van der Waals surface area contributed by atoms with Crippen LogP contribution in [0.25, 0.3) is 0 Å². The van der Waals surface area contributed by atoms with Crippen molar-refractivity contribution in [2.45, 2.75) is 34.1 Å². The highest BCUT2D eigenvalue weighted by molar-refractivity contribution is 5.93. The van der Waals surface area contributed by atoms with Crippen LogP contribution in [0.4, 0.5) is 5.69 Å². The lowest BCUT2D eigenvalue weighted by molar-refractivity contribution is -0.117. The first kappa shape index (κ1) is 15.0. The average molecular weight is 274 g/mol. The quantitative estimate of drug-likeness (QED) is 0.918. The van der Waals surface area contributed by atoms with Crippen molar-refractivity contribution >= 4 is 11.6 Å². The van der Waals surface area contributed by atoms with E-state index in [4.69, 9.17) is 0 Å². The Morgan fingerprint density at radius 1 is 1.20 bits per heavy atom. The molecule has 0 bridgehead atoms. The van der Waals surface area contributed by atoms with Crippen molar-refractivity contribution < 1.29 is 4.79 Å². The van der Waals surface area contributed by atoms with Crippen molar-refractivity contribution in [1.29, 1.82) is 0 Å². The number of nitrogens with one attached hydrogen (secondary N) is 1. The minimum atomic E-state index is 0.101. The number of benzene rings is 1. The van der Waals surface area contributed by atoms with Gasteiger partial charge in [0.25, 0.3) is 0 Å². The Morgan fingerprint density at radius 2 is 1.75 bits per heavy atom. The zero-order chi connectivity index (χ0) is 14.7. The summed E-state index contributed by atoms with van der Waals surface area (Å²) >= 11 is 0. The Balaban J connectivity index is 1.95. The highest BCUT2D eigenvalue weighted by Gasteiger charge is 2.23. The second-order valence-electron chi connectivity index (χ2n) is 6.46. The number of amides is 1. The van der Waals surface area contributed by atoms with Crippen LogP contribution in [0.3, 0.4) is 0 Å². The molecule has 1 saturated heterocycles. The fourth-order valence-electron chi connectivity index (χ4n) is 3.31. The number of carbonyl (C=O) groups excluding carboxylic acids is 1. The molecule has 2 atom stereocenters. The van der Waals surface area contributed by atoms with Crippen LogP contribution in [0.5, 0.6) is 0 Å². The van der Waals surface area contributed by atoms with E-state index < -0.39 is 0 Å². The maximum absolute atomic E-state index is 12.2. The molecular formula is C17H26N2O. The maximum atomic E-state index is 12.2. The van der Waals surface area contributed by atoms with E-state index in [0.717, 1.165) is 29.9 Å². The normalized spacial score (nSPS) is 23.6. The maximum Gasteiger partial charge on any atom is 0.238 e. The molecule has 1 aliphatic heterocycles. The fraction of sp³-hybridized carbons (Fsp3) is 0.588. The number of para-hydroxylation sites is 1. The number of piperidine rings is 1. The van der Waals surface area contributed by atoms with Crippen molar-refractivity contribution in [1.82, 2.24) is 4.90 Å². The lowest BCUT2D eigenvalue weighted by Crippen LogP contribution is -2.42. The first-order chi connectivity index (χ1) is 9.45. The number of likely N-dealkylation sites (tertiary alicyclic amines) is 1. The molecule has 0 unspecified atom stereocenters. The fourth-order valence-corrected chi connectivity index (χ4v) is 3.31. The molecule has 20 heavy (non-hydrogen) atoms. The molecule has 2 rings (SSSR count). The van der Waals surface area contributed by atoms with Crippen LogP contribution in [0.2, 0.25) is 0 Å². The third kappa shape index (κ3) is 3.83. The van der Waals surface area contributed by atoms with Gasteiger partial charge in [0.2, 0.25) is 5.91 Å². The Morgan fingerprint density at radius 3 is 2.30 bits per heavy atom. The van der Waals surface area contributed by atoms with Crippen molar-refractivity contribution in [3.05, 3.63) is 29.3 Å². The number of carbonyl (C=O) groups is 1. The Hall–Kier alpha value is -1.35. The number of hydrogen-bond donors (Lipinski definition) is 1. The van der Waals surface area contributed by atoms with E-state index >= 15 is 0 Å². The van der Waals surface area contributed by atoms with Crippen LogP contribution in [-0.2, 0) is 4.79 Å². The van der Waals surface area contributed by atoms with Gasteiger partial charge in [-0.25, -0.2) is 0 Å². The van der Waals surface area contributed by atoms with Crippen LogP contribution < -0.4 is 5.32 Å². The Labute approximate surface area is 122 Å². The molecule has 3 nitrogen and oxygen atoms in total. The number of nitrogens with zero attached hydrogens (tertiary/aromatic N) is 1. The third-order valence-electron chi connectivity index (χ3n) is 4.06. The highest BCUT2D eigenvalue weighted by atomic mass is 16.2. The molecule has 110 valence electrons.